The molecule has 886 valence electrons. The molecule has 0 aromatic carbocycles. The van der Waals surface area contributed by atoms with E-state index in [1.165, 1.54) is 90.0 Å². The number of rotatable bonds is 39. The van der Waals surface area contributed by atoms with Gasteiger partial charge in [0.2, 0.25) is 0 Å². The Labute approximate surface area is 856 Å². The van der Waals surface area contributed by atoms with Crippen LogP contribution in [0.3, 0.4) is 0 Å². The monoisotopic (exact) mass is 2170 g/mol. The molecule has 0 saturated carbocycles. The zero-order valence-corrected chi connectivity index (χ0v) is 99.0. The van der Waals surface area contributed by atoms with E-state index in [1.807, 2.05) is 152 Å². The summed E-state index contributed by atoms with van der Waals surface area (Å²) in [4.78, 5) is 0. The van der Waals surface area contributed by atoms with Crippen LogP contribution in [0.1, 0.15) is 507 Å². The predicted molar refractivity (Wildman–Crippen MR) is 538 cm³/mol. The smallest absolute Gasteiger partial charge is 0.171 e. The molecule has 0 nitrogen and oxygen atoms in total. The zero-order chi connectivity index (χ0) is 120. The van der Waals surface area contributed by atoms with Crippen LogP contribution in [0.15, 0.2) is 0 Å². The maximum Gasteiger partial charge on any atom is 0.394 e. The lowest BCUT2D eigenvalue weighted by molar-refractivity contribution is -0.266. The standard InChI is InChI=1S/3C12H23F3.3C11H21F3.C10H19F3.C9H17F3.2C8H15F3.C7H13F3/c1-8(2)11(7,9(3)4)10(5,6)12(13,14)15;1-7-11(6,12(13,14)15)10(8(2)3)9(4)5;1-6-9-11(5,12(13,14)15)10(4,7-2)8-3;1-7(2)9(8(3)4)10(5,6)11(12,13)14;1-6-9(4,7-2)10(5,8-3)11(12,13)14;1-5-8-10(4,11(12,13)14)9(6-2)7-3;1-5-8(6-2)9(4,7-3)10(11,12)13;1-4-6-8(3,7-5-2)9(10,11)12;1-5-7(4,6(2)3)8(9,10)11;1-4-6-7(3,5-2)8(9,10)11;1-4-6(3,5-2)7(8,9)10/h8-9H,1-7H3;8-10H,7H2,1-6H3;6-9H2,1-5H3;7-9H,1-6H3;6-8H2,1-5H3;9H,5-8H2,1-4H3;8H,5-7H2,1-4H3;4-7H2,1-3H3;6H,5H2,1-4H3;4-6H2,1-3H3;4-5H2,1-3H3/t;2*11-;;2*10-;9-;;2*7-;/m.00.000.00./s1. The van der Waals surface area contributed by atoms with Crippen LogP contribution < -0.4 is 0 Å². The number of alkyl halides is 33. The molecule has 0 fully saturated rings. The summed E-state index contributed by atoms with van der Waals surface area (Å²) in [7, 11) is 0. The molecular weight excluding hydrogens is 1960 g/mol. The van der Waals surface area contributed by atoms with Crippen molar-refractivity contribution in [2.24, 2.45) is 141 Å². The first-order valence-corrected chi connectivity index (χ1v) is 53.1. The molecule has 0 spiro atoms. The quantitative estimate of drug-likeness (QED) is 0.0538. The molecule has 0 amide bonds. The highest BCUT2D eigenvalue weighted by molar-refractivity contribution is 5.01. The molecule has 0 rings (SSSR count). The first-order chi connectivity index (χ1) is 63.4. The highest BCUT2D eigenvalue weighted by Gasteiger charge is 2.65. The fourth-order valence-corrected chi connectivity index (χ4v) is 20.6. The normalized spacial score (nSPS) is 16.5. The molecule has 0 saturated heterocycles. The van der Waals surface area contributed by atoms with Crippen molar-refractivity contribution in [3.63, 3.8) is 0 Å². The van der Waals surface area contributed by atoms with Crippen LogP contribution in [0, 0.1) is 141 Å². The SMILES string of the molecule is CC(C)C(C(C)C)C(C)(C)C(F)(F)F.CC(C)C(C)(C(C)C)C(C)(C)C(F)(F)F.CCC(C)(CC)C(F)(F)F.CCC(C)(CC)[C@](C)(CC)C(F)(F)F.CCC(CC)[C@](C)(CC)C(F)(F)F.CCCC(C)(CCC)C(F)(F)F.CCC[C@@](C)(C(CC)CC)C(F)(F)F.CCC[C@](C)(C(F)(F)F)C(C)(CC)CC.CCC[C@](C)(CC)C(F)(F)F.CC[C@@](C)(C(C(C)C)C(C)C)C(F)(F)F.CC[C@@](C)(C(C)C)C(F)(F)F. The van der Waals surface area contributed by atoms with Crippen molar-refractivity contribution in [1.29, 1.82) is 0 Å². The van der Waals surface area contributed by atoms with Crippen molar-refractivity contribution in [2.45, 2.75) is 575 Å². The van der Waals surface area contributed by atoms with Gasteiger partial charge in [0.15, 0.2) is 0 Å². The highest BCUT2D eigenvalue weighted by Crippen LogP contribution is 2.62. The van der Waals surface area contributed by atoms with Gasteiger partial charge in [0.05, 0.1) is 59.6 Å². The van der Waals surface area contributed by atoms with E-state index < -0.39 is 144 Å². The molecule has 0 aromatic rings. The number of halogens is 33. The van der Waals surface area contributed by atoms with Crippen LogP contribution in [0.5, 0.6) is 0 Å². The van der Waals surface area contributed by atoms with Gasteiger partial charge in [0, 0.05) is 0 Å². The number of hydrogen-bond donors (Lipinski definition) is 0. The van der Waals surface area contributed by atoms with Crippen LogP contribution in [0.4, 0.5) is 145 Å². The Balaban J connectivity index is -0.000000150. The van der Waals surface area contributed by atoms with Crippen LogP contribution in [0.25, 0.3) is 0 Å². The molecule has 0 unspecified atom stereocenters. The molecule has 0 bridgehead atoms. The third-order valence-electron chi connectivity index (χ3n) is 35.5. The highest BCUT2D eigenvalue weighted by atomic mass is 19.5. The molecule has 0 aliphatic carbocycles. The van der Waals surface area contributed by atoms with E-state index in [4.69, 9.17) is 0 Å². The van der Waals surface area contributed by atoms with Gasteiger partial charge in [0.25, 0.3) is 0 Å². The van der Waals surface area contributed by atoms with Crippen LogP contribution in [-0.2, 0) is 0 Å². The minimum Gasteiger partial charge on any atom is -0.171 e. The molecule has 0 radical (unpaired) electrons. The molecule has 0 heterocycles. The van der Waals surface area contributed by atoms with Crippen LogP contribution >= 0.6 is 0 Å². The Morgan fingerprint density at radius 1 is 0.167 bits per heavy atom. The number of hydrogen-bond acceptors (Lipinski definition) is 0. The first-order valence-electron chi connectivity index (χ1n) is 53.1. The van der Waals surface area contributed by atoms with E-state index in [2.05, 4.69) is 0 Å². The summed E-state index contributed by atoms with van der Waals surface area (Å²) in [6.07, 6.45) is -35.1. The van der Waals surface area contributed by atoms with Crippen LogP contribution in [-0.4, -0.2) is 67.9 Å². The summed E-state index contributed by atoms with van der Waals surface area (Å²) >= 11 is 0. The molecule has 144 heavy (non-hydrogen) atoms. The van der Waals surface area contributed by atoms with Gasteiger partial charge < -0.3 is 0 Å². The van der Waals surface area contributed by atoms with Crippen molar-refractivity contribution >= 4 is 0 Å². The van der Waals surface area contributed by atoms with Crippen molar-refractivity contribution in [2.75, 3.05) is 0 Å². The Bertz CT molecular complexity index is 3110. The molecule has 0 aliphatic heterocycles. The maximum absolute atomic E-state index is 13.2. The second-order valence-electron chi connectivity index (χ2n) is 46.4. The van der Waals surface area contributed by atoms with Gasteiger partial charge in [-0.15, -0.1) is 0 Å². The van der Waals surface area contributed by atoms with Gasteiger partial charge in [0.1, 0.15) is 0 Å². The van der Waals surface area contributed by atoms with Crippen molar-refractivity contribution in [1.82, 2.24) is 0 Å². The summed E-state index contributed by atoms with van der Waals surface area (Å²) < 4.78 is 420. The van der Waals surface area contributed by atoms with E-state index in [-0.39, 0.29) is 142 Å². The summed E-state index contributed by atoms with van der Waals surface area (Å²) in [5.74, 6) is -1.31. The van der Waals surface area contributed by atoms with E-state index in [9.17, 15) is 145 Å². The second kappa shape index (κ2) is 64.9. The maximum atomic E-state index is 13.2. The van der Waals surface area contributed by atoms with Gasteiger partial charge in [-0.1, -0.05) is 404 Å². The third-order valence-corrected chi connectivity index (χ3v) is 35.5. The average molecular weight is 2170 g/mol. The molecule has 7 atom stereocenters. The van der Waals surface area contributed by atoms with Gasteiger partial charge in [-0.2, -0.15) is 145 Å². The van der Waals surface area contributed by atoms with Crippen molar-refractivity contribution in [3.05, 3.63) is 0 Å². The zero-order valence-electron chi connectivity index (χ0n) is 99.0. The summed E-state index contributed by atoms with van der Waals surface area (Å²) in [6, 6.07) is 0. The fourth-order valence-electron chi connectivity index (χ4n) is 20.6. The molecular formula is C111H211F33. The Kier molecular flexibility index (Phi) is 74.0. The second-order valence-corrected chi connectivity index (χ2v) is 46.4. The fraction of sp³-hybridized carbons (Fsp3) is 1.00. The molecule has 0 N–H and O–H groups in total. The van der Waals surface area contributed by atoms with Crippen molar-refractivity contribution in [3.8, 4) is 0 Å². The average Bonchev–Trinajstić information content (AvgIpc) is 0.741. The Hall–Kier alpha value is -2.31. The van der Waals surface area contributed by atoms with E-state index >= 15 is 0 Å². The Morgan fingerprint density at radius 3 is 0.486 bits per heavy atom. The summed E-state index contributed by atoms with van der Waals surface area (Å²) in [5, 5.41) is 0. The van der Waals surface area contributed by atoms with Gasteiger partial charge in [-0.3, -0.25) is 0 Å². The minimum absolute atomic E-state index is 0.00544. The van der Waals surface area contributed by atoms with E-state index in [1.54, 1.807) is 104 Å². The Morgan fingerprint density at radius 2 is 0.389 bits per heavy atom. The lowest BCUT2D eigenvalue weighted by Gasteiger charge is -2.51. The largest absolute Gasteiger partial charge is 0.394 e. The van der Waals surface area contributed by atoms with Crippen LogP contribution in [0.2, 0.25) is 0 Å². The lowest BCUT2D eigenvalue weighted by Crippen LogP contribution is -2.52. The van der Waals surface area contributed by atoms with E-state index in [0.717, 1.165) is 0 Å². The minimum atomic E-state index is -4.16. The topological polar surface area (TPSA) is 0 Å². The molecule has 33 heteroatoms. The molecule has 0 aliphatic rings. The lowest BCUT2D eigenvalue weighted by atomic mass is 9.55. The summed E-state index contributed by atoms with van der Waals surface area (Å²) in [5.41, 5.74) is -18.9. The van der Waals surface area contributed by atoms with Gasteiger partial charge in [-0.05, 0) is 184 Å². The molecule has 0 aromatic heterocycles. The van der Waals surface area contributed by atoms with Crippen molar-refractivity contribution < 1.29 is 145 Å². The third kappa shape index (κ3) is 45.6. The first kappa shape index (κ1) is 164. The summed E-state index contributed by atoms with van der Waals surface area (Å²) in [6.45, 7) is 82.9. The van der Waals surface area contributed by atoms with Gasteiger partial charge >= 0.3 is 67.9 Å². The van der Waals surface area contributed by atoms with E-state index in [0.29, 0.717) is 83.5 Å². The van der Waals surface area contributed by atoms with Gasteiger partial charge in [-0.25, -0.2) is 0 Å². The predicted octanol–water partition coefficient (Wildman–Crippen LogP) is 48.4.